The molecule has 0 N–H and O–H groups in total. The molecule has 2 aromatic rings. The first-order valence-electron chi connectivity index (χ1n) is 10.4. The summed E-state index contributed by atoms with van der Waals surface area (Å²) >= 11 is 3.39. The van der Waals surface area contributed by atoms with Crippen LogP contribution in [0.4, 0.5) is 4.39 Å². The van der Waals surface area contributed by atoms with Gasteiger partial charge in [-0.3, -0.25) is 4.90 Å². The molecule has 0 amide bonds. The third-order valence-electron chi connectivity index (χ3n) is 5.71. The van der Waals surface area contributed by atoms with E-state index in [-0.39, 0.29) is 5.82 Å². The minimum absolute atomic E-state index is 0.187. The number of hydrogen-bond donors (Lipinski definition) is 0. The number of benzene rings is 1. The lowest BCUT2D eigenvalue weighted by molar-refractivity contribution is 0.0846. The van der Waals surface area contributed by atoms with Crippen molar-refractivity contribution in [2.24, 2.45) is 5.92 Å². The van der Waals surface area contributed by atoms with Gasteiger partial charge in [0.05, 0.1) is 9.99 Å². The van der Waals surface area contributed by atoms with Crippen LogP contribution in [0.1, 0.15) is 31.0 Å². The second-order valence-corrected chi connectivity index (χ2v) is 16.1. The van der Waals surface area contributed by atoms with Gasteiger partial charge in [0, 0.05) is 38.9 Å². The summed E-state index contributed by atoms with van der Waals surface area (Å²) in [6, 6.07) is 5.17. The van der Waals surface area contributed by atoms with Crippen LogP contribution >= 0.6 is 15.9 Å². The molecule has 0 unspecified atom stereocenters. The Balaban J connectivity index is 1.89. The number of hydrogen-bond acceptors (Lipinski definition) is 2. The van der Waals surface area contributed by atoms with E-state index in [2.05, 4.69) is 65.0 Å². The van der Waals surface area contributed by atoms with Gasteiger partial charge in [-0.25, -0.2) is 4.39 Å². The summed E-state index contributed by atoms with van der Waals surface area (Å²) in [5, 5.41) is 0.995. The molecule has 156 valence electrons. The molecule has 28 heavy (non-hydrogen) atoms. The van der Waals surface area contributed by atoms with E-state index < -0.39 is 8.07 Å². The molecule has 1 atom stereocenters. The first-order valence-corrected chi connectivity index (χ1v) is 14.9. The smallest absolute Gasteiger partial charge is 0.161 e. The van der Waals surface area contributed by atoms with E-state index in [1.165, 1.54) is 12.8 Å². The quantitative estimate of drug-likeness (QED) is 0.345. The van der Waals surface area contributed by atoms with E-state index in [0.717, 1.165) is 54.8 Å². The van der Waals surface area contributed by atoms with Crippen LogP contribution in [0.25, 0.3) is 10.9 Å². The summed E-state index contributed by atoms with van der Waals surface area (Å²) < 4.78 is 23.7. The number of aryl methyl sites for hydroxylation is 1. The van der Waals surface area contributed by atoms with Gasteiger partial charge in [-0.15, -0.1) is 0 Å². The number of aromatic nitrogens is 1. The summed E-state index contributed by atoms with van der Waals surface area (Å²) in [4.78, 5) is 2.50. The lowest BCUT2D eigenvalue weighted by atomic mass is 10.0. The third kappa shape index (κ3) is 5.26. The minimum atomic E-state index is -1.14. The van der Waals surface area contributed by atoms with Gasteiger partial charge in [0.25, 0.3) is 0 Å². The second kappa shape index (κ2) is 8.98. The highest BCUT2D eigenvalue weighted by Crippen LogP contribution is 2.32. The van der Waals surface area contributed by atoms with Crippen molar-refractivity contribution in [2.45, 2.75) is 65.6 Å². The molecule has 0 aliphatic carbocycles. The number of piperidine rings is 1. The highest BCUT2D eigenvalue weighted by Gasteiger charge is 2.22. The lowest BCUT2D eigenvalue weighted by Gasteiger charge is -2.31. The molecule has 1 aromatic heterocycles. The Morgan fingerprint density at radius 3 is 2.71 bits per heavy atom. The Morgan fingerprint density at radius 2 is 2.04 bits per heavy atom. The number of halogens is 2. The van der Waals surface area contributed by atoms with Crippen molar-refractivity contribution in [1.29, 1.82) is 0 Å². The first kappa shape index (κ1) is 22.0. The van der Waals surface area contributed by atoms with Gasteiger partial charge < -0.3 is 9.30 Å². The van der Waals surface area contributed by atoms with Gasteiger partial charge in [0.15, 0.2) is 5.82 Å². The molecule has 0 bridgehead atoms. The van der Waals surface area contributed by atoms with Gasteiger partial charge in [0.1, 0.15) is 6.73 Å². The van der Waals surface area contributed by atoms with Crippen LogP contribution in [0.3, 0.4) is 0 Å². The van der Waals surface area contributed by atoms with Crippen LogP contribution in [0, 0.1) is 18.7 Å². The molecule has 1 aliphatic rings. The third-order valence-corrected chi connectivity index (χ3v) is 7.99. The van der Waals surface area contributed by atoms with Gasteiger partial charge >= 0.3 is 0 Å². The fourth-order valence-corrected chi connectivity index (χ4v) is 5.34. The fraction of sp³-hybridized carbons (Fsp3) is 0.636. The zero-order chi connectivity index (χ0) is 20.5. The van der Waals surface area contributed by atoms with Crippen LogP contribution in [-0.4, -0.2) is 37.2 Å². The summed E-state index contributed by atoms with van der Waals surface area (Å²) in [7, 11) is -1.14. The number of rotatable bonds is 7. The molecule has 0 spiro atoms. The molecule has 3 rings (SSSR count). The molecule has 0 radical (unpaired) electrons. The molecule has 1 fully saturated rings. The van der Waals surface area contributed by atoms with Crippen molar-refractivity contribution < 1.29 is 9.13 Å². The summed E-state index contributed by atoms with van der Waals surface area (Å²) in [6.45, 7) is 15.7. The molecule has 1 aliphatic heterocycles. The van der Waals surface area contributed by atoms with E-state index in [0.29, 0.717) is 16.7 Å². The Labute approximate surface area is 178 Å². The predicted molar refractivity (Wildman–Crippen MR) is 122 cm³/mol. The monoisotopic (exact) mass is 468 g/mol. The van der Waals surface area contributed by atoms with Gasteiger partial charge in [-0.05, 0) is 71.9 Å². The van der Waals surface area contributed by atoms with Crippen molar-refractivity contribution in [1.82, 2.24) is 9.47 Å². The van der Waals surface area contributed by atoms with Crippen molar-refractivity contribution in [3.05, 3.63) is 33.7 Å². The minimum Gasteiger partial charge on any atom is -0.361 e. The van der Waals surface area contributed by atoms with E-state index >= 15 is 4.39 Å². The second-order valence-electron chi connectivity index (χ2n) is 9.65. The maximum Gasteiger partial charge on any atom is 0.161 e. The molecule has 3 nitrogen and oxygen atoms in total. The average molecular weight is 470 g/mol. The predicted octanol–water partition coefficient (Wildman–Crippen LogP) is 6.40. The fourth-order valence-electron chi connectivity index (χ4n) is 4.06. The molecule has 1 aromatic carbocycles. The normalized spacial score (nSPS) is 18.9. The Hall–Kier alpha value is -0.693. The van der Waals surface area contributed by atoms with Gasteiger partial charge in [-0.1, -0.05) is 26.6 Å². The lowest BCUT2D eigenvalue weighted by Crippen LogP contribution is -2.34. The maximum atomic E-state index is 15.1. The van der Waals surface area contributed by atoms with Crippen LogP contribution in [0.2, 0.25) is 25.7 Å². The first-order chi connectivity index (χ1) is 13.2. The standard InChI is InChI=1S/C22H34BrFN2OSi/c1-16-7-6-8-25(13-16)14-18-12-19-17(2)11-20(23)21(24)22(19)26(18)15-27-9-10-28(3,4)5/h11-12,16H,6-10,13-15H2,1-5H3/t16-/m1/s1. The van der Waals surface area contributed by atoms with Crippen LogP contribution < -0.4 is 0 Å². The molecule has 6 heteroatoms. The molecule has 0 saturated carbocycles. The number of ether oxygens (including phenoxy) is 1. The average Bonchev–Trinajstić information content (AvgIpc) is 2.95. The van der Waals surface area contributed by atoms with E-state index in [1.807, 2.05) is 6.07 Å². The molecular formula is C22H34BrFN2OSi. The highest BCUT2D eigenvalue weighted by molar-refractivity contribution is 9.10. The van der Waals surface area contributed by atoms with Crippen LogP contribution in [0.15, 0.2) is 16.6 Å². The molecule has 1 saturated heterocycles. The largest absolute Gasteiger partial charge is 0.361 e. The van der Waals surface area contributed by atoms with Crippen molar-refractivity contribution in [2.75, 3.05) is 19.7 Å². The zero-order valence-corrected chi connectivity index (χ0v) is 20.5. The maximum absolute atomic E-state index is 15.1. The van der Waals surface area contributed by atoms with E-state index in [1.54, 1.807) is 0 Å². The number of nitrogens with zero attached hydrogens (tertiary/aromatic N) is 2. The van der Waals surface area contributed by atoms with E-state index in [9.17, 15) is 0 Å². The Morgan fingerprint density at radius 1 is 1.29 bits per heavy atom. The Kier molecular flexibility index (Phi) is 7.06. The van der Waals surface area contributed by atoms with Crippen LogP contribution in [-0.2, 0) is 18.0 Å². The SMILES string of the molecule is Cc1cc(Br)c(F)c2c1cc(CN1CCC[C@@H](C)C1)n2COCC[Si](C)(C)C. The number of fused-ring (bicyclic) bond motifs is 1. The summed E-state index contributed by atoms with van der Waals surface area (Å²) in [5.41, 5.74) is 2.91. The van der Waals surface area contributed by atoms with Gasteiger partial charge in [-0.2, -0.15) is 0 Å². The van der Waals surface area contributed by atoms with Crippen LogP contribution in [0.5, 0.6) is 0 Å². The van der Waals surface area contributed by atoms with Crippen molar-refractivity contribution in [3.63, 3.8) is 0 Å². The zero-order valence-electron chi connectivity index (χ0n) is 17.9. The molecular weight excluding hydrogens is 435 g/mol. The highest BCUT2D eigenvalue weighted by atomic mass is 79.9. The van der Waals surface area contributed by atoms with Crippen molar-refractivity contribution >= 4 is 34.9 Å². The Bertz CT molecular complexity index is 830. The summed E-state index contributed by atoms with van der Waals surface area (Å²) in [5.74, 6) is 0.542. The van der Waals surface area contributed by atoms with E-state index in [4.69, 9.17) is 4.74 Å². The summed E-state index contributed by atoms with van der Waals surface area (Å²) in [6.07, 6.45) is 2.55. The van der Waals surface area contributed by atoms with Gasteiger partial charge in [0.2, 0.25) is 0 Å². The topological polar surface area (TPSA) is 17.4 Å². The van der Waals surface area contributed by atoms with Crippen molar-refractivity contribution in [3.8, 4) is 0 Å². The molecule has 2 heterocycles. The number of likely N-dealkylation sites (tertiary alicyclic amines) is 1.